The minimum Gasteiger partial charge on any atom is -0.466 e. The average molecular weight is 316 g/mol. The van der Waals surface area contributed by atoms with E-state index in [4.69, 9.17) is 9.47 Å². The Bertz CT molecular complexity index is 347. The first-order chi connectivity index (χ1) is 10.5. The van der Waals surface area contributed by atoms with Crippen molar-refractivity contribution in [2.75, 3.05) is 13.2 Å². The first-order valence-corrected chi connectivity index (χ1v) is 7.85. The van der Waals surface area contributed by atoms with Gasteiger partial charge in [0, 0.05) is 13.3 Å². The third kappa shape index (κ3) is 11.1. The van der Waals surface area contributed by atoms with E-state index < -0.39 is 12.0 Å². The number of hydrogen-bond donors (Lipinski definition) is 2. The quantitative estimate of drug-likeness (QED) is 0.322. The van der Waals surface area contributed by atoms with Crippen LogP contribution < -0.4 is 10.9 Å². The van der Waals surface area contributed by atoms with Crippen LogP contribution >= 0.6 is 0 Å². The maximum atomic E-state index is 11.9. The predicted octanol–water partition coefficient (Wildman–Crippen LogP) is 1.46. The standard InChI is InChI=1S/C15H28N2O5/c1-4-6-10-21-14(19)9-8-13(17-16-12(3)18)15(20)22-11-7-5-2/h13,17H,4-11H2,1-3H3,(H,16,18)/t13-/m0/s1. The molecular weight excluding hydrogens is 288 g/mol. The van der Waals surface area contributed by atoms with E-state index in [0.29, 0.717) is 13.2 Å². The van der Waals surface area contributed by atoms with Crippen molar-refractivity contribution in [1.29, 1.82) is 0 Å². The van der Waals surface area contributed by atoms with Crippen molar-refractivity contribution in [2.45, 2.75) is 65.3 Å². The van der Waals surface area contributed by atoms with Crippen molar-refractivity contribution in [3.05, 3.63) is 0 Å². The summed E-state index contributed by atoms with van der Waals surface area (Å²) in [4.78, 5) is 34.4. The summed E-state index contributed by atoms with van der Waals surface area (Å²) >= 11 is 0. The SMILES string of the molecule is CCCCOC(=O)CC[C@H](NNC(C)=O)C(=O)OCCCC. The van der Waals surface area contributed by atoms with Crippen LogP contribution in [0.15, 0.2) is 0 Å². The Morgan fingerprint density at radius 1 is 1.00 bits per heavy atom. The van der Waals surface area contributed by atoms with E-state index in [1.807, 2.05) is 13.8 Å². The van der Waals surface area contributed by atoms with Crippen molar-refractivity contribution in [3.8, 4) is 0 Å². The Balaban J connectivity index is 4.24. The van der Waals surface area contributed by atoms with Crippen LogP contribution in [-0.2, 0) is 23.9 Å². The van der Waals surface area contributed by atoms with Crippen LogP contribution in [0.25, 0.3) is 0 Å². The number of nitrogens with one attached hydrogen (secondary N) is 2. The predicted molar refractivity (Wildman–Crippen MR) is 81.7 cm³/mol. The van der Waals surface area contributed by atoms with Crippen molar-refractivity contribution in [1.82, 2.24) is 10.9 Å². The fourth-order valence-corrected chi connectivity index (χ4v) is 1.52. The molecule has 2 N–H and O–H groups in total. The first kappa shape index (κ1) is 20.4. The summed E-state index contributed by atoms with van der Waals surface area (Å²) in [6.45, 7) is 6.04. The molecule has 0 unspecified atom stereocenters. The molecule has 0 aromatic heterocycles. The molecule has 0 aliphatic carbocycles. The fourth-order valence-electron chi connectivity index (χ4n) is 1.52. The second-order valence-corrected chi connectivity index (χ2v) is 5.01. The highest BCUT2D eigenvalue weighted by molar-refractivity contribution is 5.78. The molecule has 1 atom stereocenters. The zero-order chi connectivity index (χ0) is 16.8. The monoisotopic (exact) mass is 316 g/mol. The van der Waals surface area contributed by atoms with Gasteiger partial charge in [0.25, 0.3) is 0 Å². The van der Waals surface area contributed by atoms with Gasteiger partial charge in [-0.15, -0.1) is 0 Å². The van der Waals surface area contributed by atoms with Crippen molar-refractivity contribution in [3.63, 3.8) is 0 Å². The van der Waals surface area contributed by atoms with Crippen molar-refractivity contribution >= 4 is 17.8 Å². The summed E-state index contributed by atoms with van der Waals surface area (Å²) in [5.41, 5.74) is 4.94. The third-order valence-electron chi connectivity index (χ3n) is 2.85. The normalized spacial score (nSPS) is 11.6. The molecule has 0 fully saturated rings. The lowest BCUT2D eigenvalue weighted by Gasteiger charge is -2.17. The number of unbranched alkanes of at least 4 members (excludes halogenated alkanes) is 2. The van der Waals surface area contributed by atoms with Gasteiger partial charge in [0.15, 0.2) is 0 Å². The maximum absolute atomic E-state index is 11.9. The van der Waals surface area contributed by atoms with E-state index in [-0.39, 0.29) is 24.7 Å². The Labute approximate surface area is 132 Å². The highest BCUT2D eigenvalue weighted by atomic mass is 16.5. The van der Waals surface area contributed by atoms with E-state index in [2.05, 4.69) is 10.9 Å². The Morgan fingerprint density at radius 2 is 1.59 bits per heavy atom. The number of carbonyl (C=O) groups excluding carboxylic acids is 3. The first-order valence-electron chi connectivity index (χ1n) is 7.85. The van der Waals surface area contributed by atoms with E-state index in [0.717, 1.165) is 25.7 Å². The van der Waals surface area contributed by atoms with E-state index in [1.54, 1.807) is 0 Å². The molecule has 0 rings (SSSR count). The van der Waals surface area contributed by atoms with E-state index in [1.165, 1.54) is 6.92 Å². The highest BCUT2D eigenvalue weighted by Crippen LogP contribution is 2.03. The van der Waals surface area contributed by atoms with Gasteiger partial charge in [-0.05, 0) is 19.3 Å². The molecule has 1 amide bonds. The summed E-state index contributed by atoms with van der Waals surface area (Å²) in [5, 5.41) is 0. The molecule has 0 saturated heterocycles. The van der Waals surface area contributed by atoms with Gasteiger partial charge >= 0.3 is 11.9 Å². The molecule has 22 heavy (non-hydrogen) atoms. The number of hydrogen-bond acceptors (Lipinski definition) is 6. The smallest absolute Gasteiger partial charge is 0.324 e. The molecule has 0 spiro atoms. The molecule has 0 saturated carbocycles. The Kier molecular flexibility index (Phi) is 12.1. The van der Waals surface area contributed by atoms with Gasteiger partial charge in [-0.3, -0.25) is 19.8 Å². The third-order valence-corrected chi connectivity index (χ3v) is 2.85. The minimum atomic E-state index is -0.764. The van der Waals surface area contributed by atoms with Crippen LogP contribution in [0, 0.1) is 0 Å². The van der Waals surface area contributed by atoms with Gasteiger partial charge in [0.05, 0.1) is 13.2 Å². The highest BCUT2D eigenvalue weighted by Gasteiger charge is 2.21. The number of hydrazine groups is 1. The molecule has 0 bridgehead atoms. The van der Waals surface area contributed by atoms with Crippen LogP contribution in [0.1, 0.15) is 59.3 Å². The second-order valence-electron chi connectivity index (χ2n) is 5.01. The number of ether oxygens (including phenoxy) is 2. The topological polar surface area (TPSA) is 93.7 Å². The summed E-state index contributed by atoms with van der Waals surface area (Å²) in [6.07, 6.45) is 3.75. The number of rotatable bonds is 12. The van der Waals surface area contributed by atoms with Crippen LogP contribution in [0.2, 0.25) is 0 Å². The van der Waals surface area contributed by atoms with Crippen molar-refractivity contribution in [2.24, 2.45) is 0 Å². The Hall–Kier alpha value is -1.63. The van der Waals surface area contributed by atoms with E-state index in [9.17, 15) is 14.4 Å². The summed E-state index contributed by atoms with van der Waals surface area (Å²) in [7, 11) is 0. The zero-order valence-electron chi connectivity index (χ0n) is 13.8. The van der Waals surface area contributed by atoms with Crippen LogP contribution in [0.5, 0.6) is 0 Å². The molecule has 0 aromatic rings. The molecule has 0 aromatic carbocycles. The molecule has 7 heteroatoms. The zero-order valence-corrected chi connectivity index (χ0v) is 13.8. The molecule has 0 aliphatic heterocycles. The summed E-state index contributed by atoms with van der Waals surface area (Å²) in [6, 6.07) is -0.764. The van der Waals surface area contributed by atoms with Crippen LogP contribution in [0.4, 0.5) is 0 Å². The van der Waals surface area contributed by atoms with Gasteiger partial charge in [-0.25, -0.2) is 5.43 Å². The number of carbonyl (C=O) groups is 3. The maximum Gasteiger partial charge on any atom is 0.324 e. The lowest BCUT2D eigenvalue weighted by molar-refractivity contribution is -0.148. The molecule has 0 aliphatic rings. The molecular formula is C15H28N2O5. The van der Waals surface area contributed by atoms with Gasteiger partial charge in [-0.2, -0.15) is 0 Å². The average Bonchev–Trinajstić information content (AvgIpc) is 2.47. The largest absolute Gasteiger partial charge is 0.466 e. The fraction of sp³-hybridized carbons (Fsp3) is 0.800. The molecule has 128 valence electrons. The number of esters is 2. The lowest BCUT2D eigenvalue weighted by atomic mass is 10.1. The summed E-state index contributed by atoms with van der Waals surface area (Å²) in [5.74, 6) is -1.16. The minimum absolute atomic E-state index is 0.0871. The van der Waals surface area contributed by atoms with Crippen LogP contribution in [-0.4, -0.2) is 37.1 Å². The number of amides is 1. The van der Waals surface area contributed by atoms with Gasteiger partial charge in [0.2, 0.25) is 5.91 Å². The molecule has 0 radical (unpaired) electrons. The van der Waals surface area contributed by atoms with E-state index >= 15 is 0 Å². The second kappa shape index (κ2) is 13.1. The van der Waals surface area contributed by atoms with Gasteiger partial charge in [0.1, 0.15) is 6.04 Å². The van der Waals surface area contributed by atoms with Crippen LogP contribution in [0.3, 0.4) is 0 Å². The summed E-state index contributed by atoms with van der Waals surface area (Å²) < 4.78 is 10.1. The van der Waals surface area contributed by atoms with Gasteiger partial charge in [-0.1, -0.05) is 26.7 Å². The molecule has 0 heterocycles. The lowest BCUT2D eigenvalue weighted by Crippen LogP contribution is -2.48. The van der Waals surface area contributed by atoms with Crippen molar-refractivity contribution < 1.29 is 23.9 Å². The van der Waals surface area contributed by atoms with Gasteiger partial charge < -0.3 is 9.47 Å². The Morgan fingerprint density at radius 3 is 2.14 bits per heavy atom. The molecule has 7 nitrogen and oxygen atoms in total.